The van der Waals surface area contributed by atoms with E-state index in [1.165, 1.54) is 86.6 Å². The Morgan fingerprint density at radius 2 is 1.25 bits per heavy atom. The number of hydrogen-bond acceptors (Lipinski definition) is 1. The van der Waals surface area contributed by atoms with Crippen LogP contribution in [0.3, 0.4) is 0 Å². The van der Waals surface area contributed by atoms with E-state index in [1.54, 1.807) is 0 Å². The summed E-state index contributed by atoms with van der Waals surface area (Å²) >= 11 is 1.90. The topological polar surface area (TPSA) is 0 Å². The van der Waals surface area contributed by atoms with Crippen LogP contribution in [-0.4, -0.2) is 0 Å². The number of allylic oxidation sites excluding steroid dienone is 14. The van der Waals surface area contributed by atoms with Crippen molar-refractivity contribution in [2.75, 3.05) is 0 Å². The second-order valence-electron chi connectivity index (χ2n) is 17.8. The number of fused-ring (bicyclic) bond motifs is 9. The summed E-state index contributed by atoms with van der Waals surface area (Å²) in [5, 5.41) is 5.41. The van der Waals surface area contributed by atoms with Crippen molar-refractivity contribution in [3.63, 3.8) is 0 Å². The summed E-state index contributed by atoms with van der Waals surface area (Å²) in [4.78, 5) is 0. The van der Waals surface area contributed by atoms with Crippen LogP contribution in [0.1, 0.15) is 93.8 Å². The van der Waals surface area contributed by atoms with Gasteiger partial charge in [0.2, 0.25) is 0 Å². The van der Waals surface area contributed by atoms with Crippen LogP contribution in [0.4, 0.5) is 0 Å². The predicted octanol–water partition coefficient (Wildman–Crippen LogP) is 17.4. The lowest BCUT2D eigenvalue weighted by Gasteiger charge is -2.23. The minimum absolute atomic E-state index is 0.0697. The van der Waals surface area contributed by atoms with Crippen LogP contribution in [0.5, 0.6) is 0 Å². The van der Waals surface area contributed by atoms with Gasteiger partial charge >= 0.3 is 0 Å². The Balaban J connectivity index is 1.08. The maximum atomic E-state index is 4.15. The highest BCUT2D eigenvalue weighted by atomic mass is 32.1. The van der Waals surface area contributed by atoms with Gasteiger partial charge in [-0.1, -0.05) is 174 Å². The minimum atomic E-state index is -0.143. The molecule has 0 saturated heterocycles. The Labute approximate surface area is 366 Å². The third kappa shape index (κ3) is 6.77. The fourth-order valence-corrected chi connectivity index (χ4v) is 11.3. The second kappa shape index (κ2) is 15.6. The largest absolute Gasteiger partial charge is 0.135 e. The van der Waals surface area contributed by atoms with Gasteiger partial charge in [0.1, 0.15) is 0 Å². The van der Waals surface area contributed by atoms with Gasteiger partial charge in [-0.15, -0.1) is 11.3 Å². The number of rotatable bonds is 9. The van der Waals surface area contributed by atoms with Crippen LogP contribution in [0.15, 0.2) is 188 Å². The summed E-state index contributed by atoms with van der Waals surface area (Å²) in [5.41, 5.74) is 19.1. The monoisotopic (exact) mass is 806 g/mol. The molecule has 0 saturated carbocycles. The Hall–Kier alpha value is -6.28. The second-order valence-corrected chi connectivity index (χ2v) is 18.9. The van der Waals surface area contributed by atoms with Gasteiger partial charge in [0.05, 0.1) is 0 Å². The third-order valence-corrected chi connectivity index (χ3v) is 14.4. The van der Waals surface area contributed by atoms with Gasteiger partial charge in [-0.05, 0) is 157 Å². The highest BCUT2D eigenvalue weighted by Gasteiger charge is 2.37. The quantitative estimate of drug-likeness (QED) is 0.128. The first-order valence-corrected chi connectivity index (χ1v) is 22.4. The van der Waals surface area contributed by atoms with E-state index < -0.39 is 0 Å². The fraction of sp³-hybridized carbons (Fsp3) is 0.167. The van der Waals surface area contributed by atoms with Gasteiger partial charge in [-0.25, -0.2) is 0 Å². The first kappa shape index (κ1) is 40.1. The molecule has 0 aliphatic heterocycles. The molecule has 0 unspecified atom stereocenters. The molecular formula is C60H54S. The van der Waals surface area contributed by atoms with Crippen molar-refractivity contribution < 1.29 is 0 Å². The van der Waals surface area contributed by atoms with Crippen molar-refractivity contribution in [1.29, 1.82) is 0 Å². The van der Waals surface area contributed by atoms with Crippen LogP contribution >= 0.6 is 11.3 Å². The van der Waals surface area contributed by atoms with E-state index in [4.69, 9.17) is 0 Å². The molecule has 0 bridgehead atoms. The van der Waals surface area contributed by atoms with E-state index in [1.807, 2.05) is 23.5 Å². The summed E-state index contributed by atoms with van der Waals surface area (Å²) < 4.78 is 2.71. The Morgan fingerprint density at radius 3 is 1.97 bits per heavy atom. The highest BCUT2D eigenvalue weighted by molar-refractivity contribution is 7.25. The number of benzene rings is 6. The van der Waals surface area contributed by atoms with E-state index in [9.17, 15) is 0 Å². The van der Waals surface area contributed by atoms with Gasteiger partial charge < -0.3 is 0 Å². The van der Waals surface area contributed by atoms with Crippen LogP contribution in [-0.2, 0) is 10.8 Å². The molecule has 9 rings (SSSR count). The number of thiophene rings is 1. The molecule has 0 radical (unpaired) electrons. The first-order valence-electron chi connectivity index (χ1n) is 21.6. The maximum Gasteiger partial charge on any atom is 0.0361 e. The Bertz CT molecular complexity index is 3140. The predicted molar refractivity (Wildman–Crippen MR) is 270 cm³/mol. The molecule has 61 heavy (non-hydrogen) atoms. The van der Waals surface area contributed by atoms with Crippen LogP contribution < -0.4 is 0 Å². The molecule has 1 aromatic heterocycles. The summed E-state index contributed by atoms with van der Waals surface area (Å²) in [6.45, 7) is 24.3. The molecule has 0 N–H and O–H groups in total. The molecule has 300 valence electrons. The normalized spacial score (nSPS) is 17.0. The standard InChI is InChI=1S/C60H54S/c1-10-19-46(39-21-15-14-16-22-39)44(12-3)45(13-4)47(20-11-2)41-28-31-53-51(33-41)48-30-27-40(34-55(48)60(53,8)9)38(5)25-26-43-37-59(6,7)54-32-29-42-35-57-52(36-50(42)58(43)54)49-23-17-18-24-56(49)61-57/h10-36H,1-2,37H2,3-9H3/b38-25+,43-26+,44-12+,45-13+,46-19+,47-20+. The molecule has 1 heterocycles. The lowest BCUT2D eigenvalue weighted by Crippen LogP contribution is -2.15. The molecule has 7 aromatic rings. The number of hydrogen-bond donors (Lipinski definition) is 0. The highest BCUT2D eigenvalue weighted by Crippen LogP contribution is 2.52. The summed E-state index contributed by atoms with van der Waals surface area (Å²) in [7, 11) is 0. The van der Waals surface area contributed by atoms with E-state index in [-0.39, 0.29) is 10.8 Å². The van der Waals surface area contributed by atoms with Crippen molar-refractivity contribution in [3.8, 4) is 11.1 Å². The molecule has 2 aliphatic rings. The SMILES string of the molecule is C=C/C=C(C(=C/C)/C(=C\C)C(=C/C=C)/c1ccc2c(c1)-c1ccc(/C(C)=C/C=C3\CC(C)(C)c4ccc5cc6sc7ccccc7c6cc5c43)cc1C2(C)C)\c1ccccc1. The summed E-state index contributed by atoms with van der Waals surface area (Å²) in [6, 6.07) is 43.2. The minimum Gasteiger partial charge on any atom is -0.135 e. The van der Waals surface area contributed by atoms with Crippen molar-refractivity contribution in [1.82, 2.24) is 0 Å². The van der Waals surface area contributed by atoms with Gasteiger partial charge in [-0.3, -0.25) is 0 Å². The molecule has 6 aromatic carbocycles. The average molecular weight is 807 g/mol. The molecule has 1 heteroatoms. The molecule has 0 spiro atoms. The van der Waals surface area contributed by atoms with Gasteiger partial charge in [0.15, 0.2) is 0 Å². The fourth-order valence-electron chi connectivity index (χ4n) is 10.2. The molecule has 0 atom stereocenters. The van der Waals surface area contributed by atoms with Crippen molar-refractivity contribution >= 4 is 64.6 Å². The van der Waals surface area contributed by atoms with Crippen LogP contribution in [0.2, 0.25) is 0 Å². The van der Waals surface area contributed by atoms with E-state index in [2.05, 4.69) is 213 Å². The molecule has 0 nitrogen and oxygen atoms in total. The van der Waals surface area contributed by atoms with Gasteiger partial charge in [0.25, 0.3) is 0 Å². The van der Waals surface area contributed by atoms with Crippen molar-refractivity contribution in [2.24, 2.45) is 0 Å². The van der Waals surface area contributed by atoms with Crippen molar-refractivity contribution in [2.45, 2.75) is 65.7 Å². The Morgan fingerprint density at radius 1 is 0.574 bits per heavy atom. The van der Waals surface area contributed by atoms with Crippen LogP contribution in [0, 0.1) is 0 Å². The molecular weight excluding hydrogens is 753 g/mol. The smallest absolute Gasteiger partial charge is 0.0361 e. The van der Waals surface area contributed by atoms with Gasteiger partial charge in [0, 0.05) is 25.6 Å². The molecule has 2 aliphatic carbocycles. The van der Waals surface area contributed by atoms with E-state index in [0.717, 1.165) is 34.3 Å². The van der Waals surface area contributed by atoms with Crippen molar-refractivity contribution in [3.05, 3.63) is 227 Å². The molecule has 0 amide bonds. The first-order chi connectivity index (χ1) is 29.5. The summed E-state index contributed by atoms with van der Waals surface area (Å²) in [6.07, 6.45) is 18.3. The van der Waals surface area contributed by atoms with Crippen LogP contribution in [0.25, 0.3) is 64.4 Å². The van der Waals surface area contributed by atoms with E-state index >= 15 is 0 Å². The third-order valence-electron chi connectivity index (χ3n) is 13.3. The zero-order valence-corrected chi connectivity index (χ0v) is 37.4. The lowest BCUT2D eigenvalue weighted by atomic mass is 9.80. The maximum absolute atomic E-state index is 4.15. The molecule has 0 fully saturated rings. The van der Waals surface area contributed by atoms with Gasteiger partial charge in [-0.2, -0.15) is 0 Å². The van der Waals surface area contributed by atoms with E-state index in [0.29, 0.717) is 0 Å². The lowest BCUT2D eigenvalue weighted by molar-refractivity contribution is 0.563. The summed E-state index contributed by atoms with van der Waals surface area (Å²) in [5.74, 6) is 0. The zero-order chi connectivity index (χ0) is 42.6. The average Bonchev–Trinajstić information content (AvgIpc) is 3.85. The zero-order valence-electron chi connectivity index (χ0n) is 36.6. The Kier molecular flexibility index (Phi) is 10.3.